The summed E-state index contributed by atoms with van der Waals surface area (Å²) in [6.45, 7) is 13.5. The van der Waals surface area contributed by atoms with Gasteiger partial charge in [-0.05, 0) is 27.2 Å². The second-order valence-electron chi connectivity index (χ2n) is 7.56. The van der Waals surface area contributed by atoms with E-state index < -0.39 is 11.7 Å². The molecule has 0 atom stereocenters. The quantitative estimate of drug-likeness (QED) is 0.330. The fourth-order valence-electron chi connectivity index (χ4n) is 2.64. The van der Waals surface area contributed by atoms with Gasteiger partial charge < -0.3 is 25.6 Å². The van der Waals surface area contributed by atoms with Gasteiger partial charge in [0.1, 0.15) is 5.60 Å². The number of carbonyl (C=O) groups excluding carboxylic acids is 2. The minimum absolute atomic E-state index is 0.151. The van der Waals surface area contributed by atoms with Gasteiger partial charge in [-0.2, -0.15) is 0 Å². The van der Waals surface area contributed by atoms with Crippen LogP contribution >= 0.6 is 0 Å². The molecule has 1 aliphatic rings. The van der Waals surface area contributed by atoms with Gasteiger partial charge in [0.05, 0.1) is 0 Å². The van der Waals surface area contributed by atoms with Gasteiger partial charge in [-0.25, -0.2) is 4.79 Å². The van der Waals surface area contributed by atoms with Crippen LogP contribution in [0.25, 0.3) is 0 Å². The number of rotatable bonds is 7. The summed E-state index contributed by atoms with van der Waals surface area (Å²) >= 11 is 0. The first-order chi connectivity index (χ1) is 12.7. The van der Waals surface area contributed by atoms with Gasteiger partial charge in [0, 0.05) is 66.3 Å². The van der Waals surface area contributed by atoms with Crippen LogP contribution in [0.3, 0.4) is 0 Å². The number of hydrogen-bond donors (Lipinski definition) is 3. The molecule has 156 valence electrons. The average molecular weight is 385 g/mol. The van der Waals surface area contributed by atoms with Crippen LogP contribution in [0.2, 0.25) is 0 Å². The molecule has 9 heteroatoms. The molecule has 0 bridgehead atoms. The molecule has 1 saturated heterocycles. The number of ether oxygens (including phenoxy) is 1. The van der Waals surface area contributed by atoms with Crippen molar-refractivity contribution in [1.29, 1.82) is 0 Å². The topological polar surface area (TPSA) is 98.3 Å². The lowest BCUT2D eigenvalue weighted by molar-refractivity contribution is -0.130. The fraction of sp³-hybridized carbons (Fsp3) is 0.833. The van der Waals surface area contributed by atoms with Crippen LogP contribution in [0.15, 0.2) is 4.99 Å². The third-order valence-electron chi connectivity index (χ3n) is 4.08. The van der Waals surface area contributed by atoms with E-state index in [1.165, 1.54) is 0 Å². The molecule has 0 radical (unpaired) electrons. The lowest BCUT2D eigenvalue weighted by atomic mass is 10.2. The number of hydrogen-bond acceptors (Lipinski definition) is 5. The maximum Gasteiger partial charge on any atom is 0.407 e. The lowest BCUT2D eigenvalue weighted by Gasteiger charge is -2.34. The Hall–Kier alpha value is -2.03. The molecule has 0 aromatic heterocycles. The molecule has 1 fully saturated rings. The summed E-state index contributed by atoms with van der Waals surface area (Å²) in [5, 5.41) is 9.25. The van der Waals surface area contributed by atoms with Crippen LogP contribution in [-0.2, 0) is 9.53 Å². The first kappa shape index (κ1) is 23.0. The Labute approximate surface area is 162 Å². The van der Waals surface area contributed by atoms with E-state index in [4.69, 9.17) is 4.74 Å². The Kier molecular flexibility index (Phi) is 9.92. The van der Waals surface area contributed by atoms with E-state index >= 15 is 0 Å². The number of guanidine groups is 1. The van der Waals surface area contributed by atoms with Crippen molar-refractivity contribution < 1.29 is 14.3 Å². The minimum Gasteiger partial charge on any atom is -0.444 e. The maximum absolute atomic E-state index is 11.5. The van der Waals surface area contributed by atoms with Crippen molar-refractivity contribution in [3.8, 4) is 0 Å². The molecule has 0 aromatic carbocycles. The van der Waals surface area contributed by atoms with Crippen molar-refractivity contribution in [2.24, 2.45) is 4.99 Å². The van der Waals surface area contributed by atoms with E-state index in [0.29, 0.717) is 13.1 Å². The summed E-state index contributed by atoms with van der Waals surface area (Å²) in [7, 11) is 1.74. The zero-order valence-corrected chi connectivity index (χ0v) is 17.4. The molecular formula is C18H36N6O3. The zero-order valence-electron chi connectivity index (χ0n) is 17.4. The Bertz CT molecular complexity index is 496. The monoisotopic (exact) mass is 384 g/mol. The lowest BCUT2D eigenvalue weighted by Crippen LogP contribution is -2.50. The molecule has 0 saturated carbocycles. The predicted molar refractivity (Wildman–Crippen MR) is 107 cm³/mol. The molecule has 3 N–H and O–H groups in total. The van der Waals surface area contributed by atoms with Crippen molar-refractivity contribution in [3.63, 3.8) is 0 Å². The number of aliphatic imine (C=N–C) groups is 1. The van der Waals surface area contributed by atoms with Gasteiger partial charge >= 0.3 is 6.09 Å². The average Bonchev–Trinajstić information content (AvgIpc) is 2.58. The smallest absolute Gasteiger partial charge is 0.407 e. The van der Waals surface area contributed by atoms with Crippen molar-refractivity contribution in [3.05, 3.63) is 0 Å². The number of amides is 2. The van der Waals surface area contributed by atoms with Crippen molar-refractivity contribution in [2.75, 3.05) is 59.4 Å². The van der Waals surface area contributed by atoms with E-state index in [1.807, 2.05) is 25.7 Å². The van der Waals surface area contributed by atoms with Gasteiger partial charge in [0.25, 0.3) is 0 Å². The summed E-state index contributed by atoms with van der Waals surface area (Å²) in [6, 6.07) is 0. The molecule has 0 aliphatic carbocycles. The Balaban J connectivity index is 2.09. The summed E-state index contributed by atoms with van der Waals surface area (Å²) in [5.41, 5.74) is -0.479. The van der Waals surface area contributed by atoms with Gasteiger partial charge in [0.2, 0.25) is 5.91 Å². The summed E-state index contributed by atoms with van der Waals surface area (Å²) in [4.78, 5) is 31.3. The van der Waals surface area contributed by atoms with Crippen molar-refractivity contribution in [2.45, 2.75) is 39.7 Å². The van der Waals surface area contributed by atoms with E-state index in [2.05, 4.69) is 25.8 Å². The molecule has 9 nitrogen and oxygen atoms in total. The summed E-state index contributed by atoms with van der Waals surface area (Å²) in [6.07, 6.45) is 0.377. The highest BCUT2D eigenvalue weighted by Gasteiger charge is 2.18. The number of nitrogens with one attached hydrogen (secondary N) is 3. The van der Waals surface area contributed by atoms with Gasteiger partial charge in [-0.1, -0.05) is 0 Å². The normalized spacial score (nSPS) is 16.0. The predicted octanol–water partition coefficient (Wildman–Crippen LogP) is 0.230. The molecule has 1 aliphatic heterocycles. The Morgan fingerprint density at radius 3 is 2.15 bits per heavy atom. The van der Waals surface area contributed by atoms with E-state index in [0.717, 1.165) is 51.6 Å². The zero-order chi connectivity index (χ0) is 20.3. The molecule has 1 heterocycles. The maximum atomic E-state index is 11.5. The molecule has 0 spiro atoms. The SMILES string of the molecule is CN=C(NCCCNC(=O)OC(C)(C)C)NCCN1CCN(C(C)=O)CC1. The van der Waals surface area contributed by atoms with Gasteiger partial charge in [-0.3, -0.25) is 14.7 Å². The van der Waals surface area contributed by atoms with Crippen LogP contribution in [-0.4, -0.2) is 92.8 Å². The van der Waals surface area contributed by atoms with Gasteiger partial charge in [-0.15, -0.1) is 0 Å². The standard InChI is InChI=1S/C18H36N6O3/c1-15(25)24-13-11-23(12-14-24)10-9-21-16(19-5)20-7-6-8-22-17(26)27-18(2,3)4/h6-14H2,1-5H3,(H,22,26)(H2,19,20,21). The minimum atomic E-state index is -0.479. The number of alkyl carbamates (subject to hydrolysis) is 1. The highest BCUT2D eigenvalue weighted by Crippen LogP contribution is 2.06. The van der Waals surface area contributed by atoms with Gasteiger partial charge in [0.15, 0.2) is 5.96 Å². The largest absolute Gasteiger partial charge is 0.444 e. The van der Waals surface area contributed by atoms with E-state index in [-0.39, 0.29) is 5.91 Å². The van der Waals surface area contributed by atoms with Crippen LogP contribution in [0.1, 0.15) is 34.1 Å². The third-order valence-corrected chi connectivity index (χ3v) is 4.08. The van der Waals surface area contributed by atoms with Crippen LogP contribution in [0.5, 0.6) is 0 Å². The number of carbonyl (C=O) groups is 2. The Morgan fingerprint density at radius 1 is 1.00 bits per heavy atom. The first-order valence-corrected chi connectivity index (χ1v) is 9.60. The Morgan fingerprint density at radius 2 is 1.59 bits per heavy atom. The number of nitrogens with zero attached hydrogens (tertiary/aromatic N) is 3. The van der Waals surface area contributed by atoms with Crippen molar-refractivity contribution >= 4 is 18.0 Å². The van der Waals surface area contributed by atoms with E-state index in [9.17, 15) is 9.59 Å². The van der Waals surface area contributed by atoms with Crippen LogP contribution in [0, 0.1) is 0 Å². The third kappa shape index (κ3) is 10.6. The van der Waals surface area contributed by atoms with Crippen LogP contribution < -0.4 is 16.0 Å². The van der Waals surface area contributed by atoms with E-state index in [1.54, 1.807) is 14.0 Å². The summed E-state index contributed by atoms with van der Waals surface area (Å²) < 4.78 is 5.18. The van der Waals surface area contributed by atoms with Crippen LogP contribution in [0.4, 0.5) is 4.79 Å². The van der Waals surface area contributed by atoms with Crippen molar-refractivity contribution in [1.82, 2.24) is 25.8 Å². The second kappa shape index (κ2) is 11.6. The number of piperazine rings is 1. The highest BCUT2D eigenvalue weighted by atomic mass is 16.6. The highest BCUT2D eigenvalue weighted by molar-refractivity contribution is 5.79. The molecular weight excluding hydrogens is 348 g/mol. The second-order valence-corrected chi connectivity index (χ2v) is 7.56. The fourth-order valence-corrected chi connectivity index (χ4v) is 2.64. The molecule has 0 aromatic rings. The summed E-state index contributed by atoms with van der Waals surface area (Å²) in [5.74, 6) is 0.896. The molecule has 2 amide bonds. The molecule has 27 heavy (non-hydrogen) atoms. The molecule has 0 unspecified atom stereocenters. The molecule has 1 rings (SSSR count). The first-order valence-electron chi connectivity index (χ1n) is 9.60.